The van der Waals surface area contributed by atoms with Gasteiger partial charge in [-0.1, -0.05) is 135 Å². The number of fused-ring (bicyclic) bond motifs is 4. The van der Waals surface area contributed by atoms with Crippen LogP contribution in [0.15, 0.2) is 139 Å². The zero-order valence-electron chi connectivity index (χ0n) is 25.9. The van der Waals surface area contributed by atoms with Crippen LogP contribution in [-0.4, -0.2) is 36.6 Å². The molecule has 0 unspecified atom stereocenters. The number of aryl methyl sites for hydroxylation is 1. The maximum Gasteiger partial charge on any atom is 2.00 e. The van der Waals surface area contributed by atoms with Crippen molar-refractivity contribution in [2.24, 2.45) is 0 Å². The number of rotatable bonds is 2. The van der Waals surface area contributed by atoms with Crippen LogP contribution < -0.4 is 0 Å². The van der Waals surface area contributed by atoms with Gasteiger partial charge in [-0.05, 0) is 41.1 Å². The van der Waals surface area contributed by atoms with Crippen LogP contribution in [0, 0.1) is 13.0 Å². The van der Waals surface area contributed by atoms with Crippen molar-refractivity contribution in [3.63, 3.8) is 0 Å². The van der Waals surface area contributed by atoms with E-state index in [1.165, 1.54) is 82.0 Å². The van der Waals surface area contributed by atoms with E-state index >= 15 is 0 Å². The zero-order chi connectivity index (χ0) is 29.5. The van der Waals surface area contributed by atoms with Gasteiger partial charge in [-0.2, -0.15) is 11.6 Å². The Morgan fingerprint density at radius 3 is 1.68 bits per heavy atom. The zero-order valence-corrected chi connectivity index (χ0v) is 28.3. The van der Waals surface area contributed by atoms with Crippen LogP contribution in [0.2, 0.25) is 13.1 Å². The third-order valence-electron chi connectivity index (χ3n) is 8.57. The fourth-order valence-electron chi connectivity index (χ4n) is 6.77. The molecule has 208 valence electrons. The fraction of sp³-hybridized carbons (Fsp3) is 0.0952. The van der Waals surface area contributed by atoms with Crippen LogP contribution in [0.3, 0.4) is 0 Å². The molecule has 0 nitrogen and oxygen atoms in total. The van der Waals surface area contributed by atoms with E-state index < -0.39 is 8.41 Å². The van der Waals surface area contributed by atoms with E-state index in [-0.39, 0.29) is 23.1 Å². The molecule has 8 rings (SSSR count). The van der Waals surface area contributed by atoms with Crippen LogP contribution in [0.1, 0.15) is 23.6 Å². The molecule has 0 aromatic heterocycles. The molecule has 1 aliphatic carbocycles. The van der Waals surface area contributed by atoms with Crippen LogP contribution >= 0.6 is 0 Å². The average molecular weight is 591 g/mol. The first-order valence-corrected chi connectivity index (χ1v) is 17.5. The SMILES string of the molecule is CC1=[C-]c2cccc(-c3cccc4ccccc34)c2C1=[Si](C)C.Cc1cc2c(-c3cccc4ccccc34)cccc2[cH-]1.[Mg+2]. The molecule has 0 aliphatic heterocycles. The summed E-state index contributed by atoms with van der Waals surface area (Å²) in [5.74, 6) is 0. The number of benzene rings is 6. The van der Waals surface area contributed by atoms with E-state index in [4.69, 9.17) is 0 Å². The molecule has 0 spiro atoms. The second-order valence-electron chi connectivity index (χ2n) is 11.7. The Labute approximate surface area is 278 Å². The van der Waals surface area contributed by atoms with Crippen LogP contribution in [0.5, 0.6) is 0 Å². The van der Waals surface area contributed by atoms with Gasteiger partial charge in [0, 0.05) is 0 Å². The van der Waals surface area contributed by atoms with Crippen molar-refractivity contribution < 1.29 is 0 Å². The van der Waals surface area contributed by atoms with Gasteiger partial charge in [0.2, 0.25) is 0 Å². The molecule has 0 N–H and O–H groups in total. The Morgan fingerprint density at radius 1 is 0.545 bits per heavy atom. The standard InChI is InChI=1S/C22H19Si.C20H15.Mg/c1-15-14-17-10-7-13-20(21(17)22(15)23(2)3)19-12-6-9-16-8-4-5-11-18(16)19;1-14-12-16-8-5-11-19(20(16)13-14)18-10-4-7-15-6-2-3-9-17(15)18;/h4-13H,1-3H3;2-13H,1H3;/q2*-1;+2. The third-order valence-corrected chi connectivity index (χ3v) is 10.2. The second kappa shape index (κ2) is 12.6. The molecule has 0 saturated heterocycles. The molecule has 7 aromatic rings. The van der Waals surface area contributed by atoms with Crippen LogP contribution in [0.4, 0.5) is 0 Å². The predicted molar refractivity (Wildman–Crippen MR) is 195 cm³/mol. The minimum Gasteiger partial charge on any atom is -0.165 e. The summed E-state index contributed by atoms with van der Waals surface area (Å²) in [7, 11) is -0.537. The quantitative estimate of drug-likeness (QED) is 0.139. The van der Waals surface area contributed by atoms with Gasteiger partial charge in [0.1, 0.15) is 0 Å². The van der Waals surface area contributed by atoms with Gasteiger partial charge in [-0.3, -0.25) is 0 Å². The van der Waals surface area contributed by atoms with Crippen molar-refractivity contribution >= 4 is 68.9 Å². The van der Waals surface area contributed by atoms with Gasteiger partial charge in [-0.15, -0.1) is 69.0 Å². The van der Waals surface area contributed by atoms with Crippen molar-refractivity contribution in [3.8, 4) is 22.3 Å². The Morgan fingerprint density at radius 2 is 1.05 bits per heavy atom. The van der Waals surface area contributed by atoms with E-state index in [0.29, 0.717) is 0 Å². The predicted octanol–water partition coefficient (Wildman–Crippen LogP) is 10.8. The summed E-state index contributed by atoms with van der Waals surface area (Å²) in [5.41, 5.74) is 10.7. The molecule has 0 amide bonds. The monoisotopic (exact) mass is 590 g/mol. The number of hydrogen-bond acceptors (Lipinski definition) is 0. The molecule has 7 aromatic carbocycles. The van der Waals surface area contributed by atoms with Crippen molar-refractivity contribution in [1.82, 2.24) is 0 Å². The largest absolute Gasteiger partial charge is 2.00 e. The van der Waals surface area contributed by atoms with Crippen LogP contribution in [-0.2, 0) is 0 Å². The molecular weight excluding hydrogens is 557 g/mol. The summed E-state index contributed by atoms with van der Waals surface area (Å²) in [6, 6.07) is 48.1. The molecular formula is C42H34MgSi. The molecule has 0 heterocycles. The topological polar surface area (TPSA) is 0 Å². The Bertz CT molecular complexity index is 2210. The van der Waals surface area contributed by atoms with Gasteiger partial charge < -0.3 is 0 Å². The molecule has 2 heteroatoms. The summed E-state index contributed by atoms with van der Waals surface area (Å²) in [4.78, 5) is 0. The first-order chi connectivity index (χ1) is 21.0. The average Bonchev–Trinajstić information content (AvgIpc) is 3.59. The van der Waals surface area contributed by atoms with Crippen LogP contribution in [0.25, 0.3) is 54.6 Å². The van der Waals surface area contributed by atoms with Gasteiger partial charge >= 0.3 is 23.1 Å². The maximum atomic E-state index is 3.59. The number of hydrogen-bond donors (Lipinski definition) is 0. The second-order valence-corrected chi connectivity index (χ2v) is 14.2. The Balaban J connectivity index is 0.000000154. The molecule has 0 bridgehead atoms. The van der Waals surface area contributed by atoms with Gasteiger partial charge in [0.15, 0.2) is 0 Å². The van der Waals surface area contributed by atoms with Crippen molar-refractivity contribution in [1.29, 1.82) is 0 Å². The summed E-state index contributed by atoms with van der Waals surface area (Å²) >= 11 is 0. The van der Waals surface area contributed by atoms with E-state index in [2.05, 4.69) is 166 Å². The fourth-order valence-corrected chi connectivity index (χ4v) is 8.35. The summed E-state index contributed by atoms with van der Waals surface area (Å²) < 4.78 is 0. The maximum absolute atomic E-state index is 3.59. The minimum atomic E-state index is -0.537. The van der Waals surface area contributed by atoms with Crippen molar-refractivity contribution in [2.75, 3.05) is 0 Å². The molecule has 44 heavy (non-hydrogen) atoms. The summed E-state index contributed by atoms with van der Waals surface area (Å²) in [6.45, 7) is 9.12. The first kappa shape index (κ1) is 30.1. The summed E-state index contributed by atoms with van der Waals surface area (Å²) in [5, 5.41) is 9.46. The normalized spacial score (nSPS) is 12.0. The molecule has 0 fully saturated rings. The van der Waals surface area contributed by atoms with Gasteiger partial charge in [0.25, 0.3) is 0 Å². The Hall–Kier alpha value is -3.96. The molecule has 0 radical (unpaired) electrons. The third kappa shape index (κ3) is 5.43. The van der Waals surface area contributed by atoms with Crippen molar-refractivity contribution in [3.05, 3.63) is 162 Å². The van der Waals surface area contributed by atoms with Crippen molar-refractivity contribution in [2.45, 2.75) is 26.9 Å². The van der Waals surface area contributed by atoms with E-state index in [1.807, 2.05) is 0 Å². The summed E-state index contributed by atoms with van der Waals surface area (Å²) in [6.07, 6.45) is 3.59. The van der Waals surface area contributed by atoms with Gasteiger partial charge in [-0.25, -0.2) is 0 Å². The smallest absolute Gasteiger partial charge is 0.165 e. The molecule has 1 aliphatic rings. The number of allylic oxidation sites excluding steroid dienone is 1. The van der Waals surface area contributed by atoms with E-state index in [9.17, 15) is 0 Å². The molecule has 0 atom stereocenters. The Kier molecular flexibility index (Phi) is 8.60. The van der Waals surface area contributed by atoms with E-state index in [1.54, 1.807) is 0 Å². The molecule has 0 saturated carbocycles. The first-order valence-electron chi connectivity index (χ1n) is 15.0. The minimum absolute atomic E-state index is 0. The van der Waals surface area contributed by atoms with Gasteiger partial charge in [0.05, 0.1) is 0 Å². The van der Waals surface area contributed by atoms with E-state index in [0.717, 1.165) is 0 Å².